The third-order valence-corrected chi connectivity index (χ3v) is 4.15. The van der Waals surface area contributed by atoms with Crippen LogP contribution in [0.1, 0.15) is 17.6 Å². The van der Waals surface area contributed by atoms with Crippen LogP contribution < -0.4 is 0 Å². The van der Waals surface area contributed by atoms with Crippen molar-refractivity contribution in [1.29, 1.82) is 0 Å². The van der Waals surface area contributed by atoms with Gasteiger partial charge in [0.25, 0.3) is 6.43 Å². The monoisotopic (exact) mass is 372 g/mol. The zero-order valence-electron chi connectivity index (χ0n) is 13.8. The van der Waals surface area contributed by atoms with E-state index in [0.29, 0.717) is 27.7 Å². The van der Waals surface area contributed by atoms with E-state index in [1.54, 1.807) is 16.9 Å². The SMILES string of the molecule is Fc1cncc(Cn2ncc3ncc(-c4ccc(F)c(C(F)F)c4)cc32)c1. The van der Waals surface area contributed by atoms with Crippen molar-refractivity contribution in [2.45, 2.75) is 13.0 Å². The lowest BCUT2D eigenvalue weighted by atomic mass is 10.0. The average Bonchev–Trinajstić information content (AvgIpc) is 3.04. The summed E-state index contributed by atoms with van der Waals surface area (Å²) < 4.78 is 54.4. The molecule has 0 N–H and O–H groups in total. The summed E-state index contributed by atoms with van der Waals surface area (Å²) in [5, 5.41) is 4.24. The molecular weight excluding hydrogens is 360 g/mol. The predicted molar refractivity (Wildman–Crippen MR) is 91.2 cm³/mol. The fraction of sp³-hybridized carbons (Fsp3) is 0.105. The first-order valence-corrected chi connectivity index (χ1v) is 8.00. The number of rotatable bonds is 4. The normalized spacial score (nSPS) is 11.4. The molecule has 0 aliphatic carbocycles. The molecule has 0 amide bonds. The lowest BCUT2D eigenvalue weighted by molar-refractivity contribution is 0.146. The maximum atomic E-state index is 13.5. The Morgan fingerprint density at radius 3 is 2.56 bits per heavy atom. The molecule has 0 bridgehead atoms. The molecule has 27 heavy (non-hydrogen) atoms. The van der Waals surface area contributed by atoms with Crippen molar-refractivity contribution in [2.24, 2.45) is 0 Å². The van der Waals surface area contributed by atoms with Crippen molar-refractivity contribution in [1.82, 2.24) is 19.7 Å². The molecule has 0 fully saturated rings. The first-order valence-electron chi connectivity index (χ1n) is 8.00. The van der Waals surface area contributed by atoms with Gasteiger partial charge in [0.2, 0.25) is 0 Å². The zero-order valence-corrected chi connectivity index (χ0v) is 13.8. The number of benzene rings is 1. The van der Waals surface area contributed by atoms with E-state index < -0.39 is 23.6 Å². The molecule has 0 spiro atoms. The van der Waals surface area contributed by atoms with Gasteiger partial charge in [0.1, 0.15) is 17.2 Å². The summed E-state index contributed by atoms with van der Waals surface area (Å²) in [4.78, 5) is 8.09. The van der Waals surface area contributed by atoms with E-state index in [2.05, 4.69) is 15.1 Å². The van der Waals surface area contributed by atoms with Gasteiger partial charge in [-0.05, 0) is 35.4 Å². The standard InChI is InChI=1S/C19H12F4N4/c20-14-3-11(6-24-8-14)10-27-18-5-13(7-25-17(18)9-26-27)12-1-2-16(21)15(4-12)19(22)23/h1-9,19H,10H2. The molecule has 0 saturated heterocycles. The van der Waals surface area contributed by atoms with Crippen LogP contribution in [0.5, 0.6) is 0 Å². The van der Waals surface area contributed by atoms with Crippen molar-refractivity contribution in [3.05, 3.63) is 77.9 Å². The minimum atomic E-state index is -2.91. The number of fused-ring (bicyclic) bond motifs is 1. The average molecular weight is 372 g/mol. The first kappa shape index (κ1) is 17.1. The number of alkyl halides is 2. The maximum absolute atomic E-state index is 13.5. The zero-order chi connectivity index (χ0) is 19.0. The van der Waals surface area contributed by atoms with Crippen LogP contribution in [0.4, 0.5) is 17.6 Å². The number of pyridine rings is 2. The first-order chi connectivity index (χ1) is 13.0. The molecule has 1 aromatic carbocycles. The summed E-state index contributed by atoms with van der Waals surface area (Å²) in [6.45, 7) is 0.269. The number of hydrogen-bond donors (Lipinski definition) is 0. The lowest BCUT2D eigenvalue weighted by Crippen LogP contribution is -2.02. The highest BCUT2D eigenvalue weighted by molar-refractivity contribution is 5.80. The number of aromatic nitrogens is 4. The second kappa shape index (κ2) is 6.79. The van der Waals surface area contributed by atoms with E-state index in [0.717, 1.165) is 18.3 Å². The van der Waals surface area contributed by atoms with Crippen LogP contribution >= 0.6 is 0 Å². The fourth-order valence-corrected chi connectivity index (χ4v) is 2.85. The summed E-state index contributed by atoms with van der Waals surface area (Å²) in [7, 11) is 0. The molecule has 4 aromatic rings. The van der Waals surface area contributed by atoms with Gasteiger partial charge in [0.05, 0.1) is 30.0 Å². The Hall–Kier alpha value is -3.29. The largest absolute Gasteiger partial charge is 0.266 e. The number of halogens is 4. The third kappa shape index (κ3) is 3.38. The van der Waals surface area contributed by atoms with Gasteiger partial charge in [-0.3, -0.25) is 14.6 Å². The molecule has 4 rings (SSSR count). The minimum absolute atomic E-state index is 0.269. The van der Waals surface area contributed by atoms with Gasteiger partial charge < -0.3 is 0 Å². The molecular formula is C19H12F4N4. The molecule has 8 heteroatoms. The van der Waals surface area contributed by atoms with Crippen molar-refractivity contribution in [2.75, 3.05) is 0 Å². The smallest absolute Gasteiger partial charge is 0.261 e. The third-order valence-electron chi connectivity index (χ3n) is 4.15. The van der Waals surface area contributed by atoms with E-state index in [1.807, 2.05) is 0 Å². The van der Waals surface area contributed by atoms with Gasteiger partial charge in [0.15, 0.2) is 0 Å². The number of hydrogen-bond acceptors (Lipinski definition) is 3. The van der Waals surface area contributed by atoms with Gasteiger partial charge in [-0.25, -0.2) is 17.6 Å². The molecule has 3 aromatic heterocycles. The molecule has 0 saturated carbocycles. The number of nitrogens with zero attached hydrogens (tertiary/aromatic N) is 4. The summed E-state index contributed by atoms with van der Waals surface area (Å²) in [5.41, 5.74) is 2.16. The van der Waals surface area contributed by atoms with Crippen LogP contribution in [-0.2, 0) is 6.54 Å². The van der Waals surface area contributed by atoms with Crippen LogP contribution in [0, 0.1) is 11.6 Å². The van der Waals surface area contributed by atoms with Crippen molar-refractivity contribution in [3.8, 4) is 11.1 Å². The van der Waals surface area contributed by atoms with Gasteiger partial charge in [0, 0.05) is 18.0 Å². The lowest BCUT2D eigenvalue weighted by Gasteiger charge is -2.08. The Labute approximate surface area is 151 Å². The van der Waals surface area contributed by atoms with Crippen molar-refractivity contribution < 1.29 is 17.6 Å². The van der Waals surface area contributed by atoms with Crippen LogP contribution in [0.15, 0.2) is 55.1 Å². The van der Waals surface area contributed by atoms with E-state index in [1.165, 1.54) is 24.5 Å². The molecule has 136 valence electrons. The van der Waals surface area contributed by atoms with Crippen molar-refractivity contribution in [3.63, 3.8) is 0 Å². The minimum Gasteiger partial charge on any atom is -0.261 e. The van der Waals surface area contributed by atoms with Crippen LogP contribution in [0.3, 0.4) is 0 Å². The highest BCUT2D eigenvalue weighted by atomic mass is 19.3. The Morgan fingerprint density at radius 1 is 0.926 bits per heavy atom. The molecule has 0 unspecified atom stereocenters. The predicted octanol–water partition coefficient (Wildman–Crippen LogP) is 4.76. The Bertz CT molecular complexity index is 1120. The van der Waals surface area contributed by atoms with Gasteiger partial charge in [-0.2, -0.15) is 5.10 Å². The highest BCUT2D eigenvalue weighted by Gasteiger charge is 2.15. The maximum Gasteiger partial charge on any atom is 0.266 e. The van der Waals surface area contributed by atoms with Crippen LogP contribution in [-0.4, -0.2) is 19.7 Å². The highest BCUT2D eigenvalue weighted by Crippen LogP contribution is 2.29. The van der Waals surface area contributed by atoms with Crippen LogP contribution in [0.25, 0.3) is 22.2 Å². The summed E-state index contributed by atoms with van der Waals surface area (Å²) >= 11 is 0. The fourth-order valence-electron chi connectivity index (χ4n) is 2.85. The second-order valence-electron chi connectivity index (χ2n) is 5.98. The summed E-state index contributed by atoms with van der Waals surface area (Å²) in [6.07, 6.45) is 2.80. The summed E-state index contributed by atoms with van der Waals surface area (Å²) in [6, 6.07) is 6.62. The molecule has 0 radical (unpaired) electrons. The van der Waals surface area contributed by atoms with E-state index in [9.17, 15) is 17.6 Å². The molecule has 4 nitrogen and oxygen atoms in total. The molecule has 3 heterocycles. The van der Waals surface area contributed by atoms with Crippen molar-refractivity contribution >= 4 is 11.0 Å². The van der Waals surface area contributed by atoms with Crippen LogP contribution in [0.2, 0.25) is 0 Å². The molecule has 0 atom stereocenters. The topological polar surface area (TPSA) is 43.6 Å². The van der Waals surface area contributed by atoms with Gasteiger partial charge in [-0.1, -0.05) is 6.07 Å². The Balaban J connectivity index is 1.75. The van der Waals surface area contributed by atoms with Gasteiger partial charge >= 0.3 is 0 Å². The second-order valence-corrected chi connectivity index (χ2v) is 5.98. The summed E-state index contributed by atoms with van der Waals surface area (Å²) in [5.74, 6) is -1.40. The molecule has 0 aliphatic rings. The quantitative estimate of drug-likeness (QED) is 0.485. The van der Waals surface area contributed by atoms with E-state index in [4.69, 9.17) is 0 Å². The van der Waals surface area contributed by atoms with Gasteiger partial charge in [-0.15, -0.1) is 0 Å². The van der Waals surface area contributed by atoms with E-state index in [-0.39, 0.29) is 6.54 Å². The Kier molecular flexibility index (Phi) is 4.31. The molecule has 0 aliphatic heterocycles. The Morgan fingerprint density at radius 2 is 1.78 bits per heavy atom. The van der Waals surface area contributed by atoms with E-state index >= 15 is 0 Å².